The van der Waals surface area contributed by atoms with Gasteiger partial charge in [-0.15, -0.1) is 0 Å². The highest BCUT2D eigenvalue weighted by molar-refractivity contribution is 7.91. The van der Waals surface area contributed by atoms with E-state index in [-0.39, 0.29) is 11.8 Å². The summed E-state index contributed by atoms with van der Waals surface area (Å²) in [5, 5.41) is 3.83. The van der Waals surface area contributed by atoms with Crippen LogP contribution < -0.4 is 5.32 Å². The molecule has 0 heterocycles. The van der Waals surface area contributed by atoms with E-state index in [9.17, 15) is 8.42 Å². The lowest BCUT2D eigenvalue weighted by atomic mass is 10.2. The van der Waals surface area contributed by atoms with Crippen molar-refractivity contribution in [3.8, 4) is 0 Å². The van der Waals surface area contributed by atoms with Crippen molar-refractivity contribution < 1.29 is 8.42 Å². The summed E-state index contributed by atoms with van der Waals surface area (Å²) in [5.41, 5.74) is 0. The van der Waals surface area contributed by atoms with Crippen molar-refractivity contribution in [2.45, 2.75) is 37.6 Å². The third-order valence-corrected chi connectivity index (χ3v) is 4.75. The Hall–Kier alpha value is -0.580. The van der Waals surface area contributed by atoms with E-state index in [0.29, 0.717) is 16.3 Å². The van der Waals surface area contributed by atoms with Gasteiger partial charge in [-0.1, -0.05) is 18.5 Å². The number of sulfone groups is 1. The first-order chi connectivity index (χ1) is 8.45. The minimum Gasteiger partial charge on any atom is -0.314 e. The molecule has 0 saturated heterocycles. The van der Waals surface area contributed by atoms with Gasteiger partial charge in [-0.05, 0) is 50.6 Å². The predicted molar refractivity (Wildman–Crippen MR) is 75.9 cm³/mol. The van der Waals surface area contributed by atoms with Crippen LogP contribution in [0.5, 0.6) is 0 Å². The molecule has 0 spiro atoms. The van der Waals surface area contributed by atoms with Gasteiger partial charge in [0.2, 0.25) is 0 Å². The van der Waals surface area contributed by atoms with Crippen LogP contribution in [0.1, 0.15) is 26.7 Å². The Labute approximate surface area is 114 Å². The summed E-state index contributed by atoms with van der Waals surface area (Å²) in [6.45, 7) is 5.01. The van der Waals surface area contributed by atoms with E-state index < -0.39 is 9.84 Å². The van der Waals surface area contributed by atoms with E-state index in [0.717, 1.165) is 13.0 Å². The maximum Gasteiger partial charge on any atom is 0.178 e. The average molecular weight is 290 g/mol. The molecule has 0 fully saturated rings. The van der Waals surface area contributed by atoms with Crippen LogP contribution in [-0.2, 0) is 9.84 Å². The molecule has 0 aliphatic rings. The van der Waals surface area contributed by atoms with Crippen LogP contribution in [0.25, 0.3) is 0 Å². The molecule has 18 heavy (non-hydrogen) atoms. The molecule has 0 aliphatic heterocycles. The van der Waals surface area contributed by atoms with Crippen molar-refractivity contribution in [1.82, 2.24) is 5.32 Å². The molecule has 102 valence electrons. The summed E-state index contributed by atoms with van der Waals surface area (Å²) in [6, 6.07) is 6.54. The zero-order valence-corrected chi connectivity index (χ0v) is 12.4. The van der Waals surface area contributed by atoms with Gasteiger partial charge in [0.25, 0.3) is 0 Å². The second-order valence-electron chi connectivity index (χ2n) is 4.42. The Balaban J connectivity index is 2.57. The monoisotopic (exact) mass is 289 g/mol. The van der Waals surface area contributed by atoms with Crippen LogP contribution in [-0.4, -0.2) is 26.8 Å². The van der Waals surface area contributed by atoms with E-state index >= 15 is 0 Å². The van der Waals surface area contributed by atoms with Gasteiger partial charge in [0.1, 0.15) is 0 Å². The molecule has 3 nitrogen and oxygen atoms in total. The topological polar surface area (TPSA) is 46.2 Å². The fraction of sp³-hybridized carbons (Fsp3) is 0.538. The minimum atomic E-state index is -3.20. The first kappa shape index (κ1) is 15.5. The zero-order valence-electron chi connectivity index (χ0n) is 10.8. The fourth-order valence-corrected chi connectivity index (χ4v) is 3.16. The molecule has 1 aromatic rings. The first-order valence-corrected chi connectivity index (χ1v) is 8.20. The Bertz CT molecular complexity index is 456. The first-order valence-electron chi connectivity index (χ1n) is 6.17. The van der Waals surface area contributed by atoms with Crippen molar-refractivity contribution in [2.75, 3.05) is 12.3 Å². The second-order valence-corrected chi connectivity index (χ2v) is 6.96. The summed E-state index contributed by atoms with van der Waals surface area (Å²) in [5.74, 6) is 0.159. The Morgan fingerprint density at radius 1 is 1.28 bits per heavy atom. The number of rotatable bonds is 7. The highest BCUT2D eigenvalue weighted by Gasteiger charge is 2.15. The average Bonchev–Trinajstić information content (AvgIpc) is 2.34. The molecule has 0 bridgehead atoms. The van der Waals surface area contributed by atoms with Gasteiger partial charge in [-0.25, -0.2) is 8.42 Å². The summed E-state index contributed by atoms with van der Waals surface area (Å²) in [6.07, 6.45) is 1.67. The maximum absolute atomic E-state index is 12.1. The maximum atomic E-state index is 12.1. The van der Waals surface area contributed by atoms with Crippen LogP contribution in [0.4, 0.5) is 0 Å². The molecule has 1 atom stereocenters. The van der Waals surface area contributed by atoms with E-state index in [1.54, 1.807) is 24.3 Å². The SMILES string of the molecule is CCCNC(C)CCS(=O)(=O)c1ccc(Cl)cc1. The summed E-state index contributed by atoms with van der Waals surface area (Å²) in [4.78, 5) is 0.342. The number of halogens is 1. The van der Waals surface area contributed by atoms with E-state index in [1.807, 2.05) is 6.92 Å². The molecule has 0 saturated carbocycles. The van der Waals surface area contributed by atoms with Gasteiger partial charge in [0, 0.05) is 11.1 Å². The van der Waals surface area contributed by atoms with Gasteiger partial charge in [-0.2, -0.15) is 0 Å². The molecule has 0 aliphatic carbocycles. The van der Waals surface area contributed by atoms with Gasteiger partial charge < -0.3 is 5.32 Å². The smallest absolute Gasteiger partial charge is 0.178 e. The molecule has 0 radical (unpaired) electrons. The Morgan fingerprint density at radius 3 is 2.44 bits per heavy atom. The highest BCUT2D eigenvalue weighted by atomic mass is 35.5. The van der Waals surface area contributed by atoms with E-state index in [2.05, 4.69) is 12.2 Å². The molecule has 0 amide bonds. The van der Waals surface area contributed by atoms with Gasteiger partial charge in [0.05, 0.1) is 10.6 Å². The van der Waals surface area contributed by atoms with Gasteiger partial charge in [-0.3, -0.25) is 0 Å². The fourth-order valence-electron chi connectivity index (χ4n) is 1.58. The lowest BCUT2D eigenvalue weighted by molar-refractivity contribution is 0.525. The highest BCUT2D eigenvalue weighted by Crippen LogP contribution is 2.16. The number of hydrogen-bond donors (Lipinski definition) is 1. The third-order valence-electron chi connectivity index (χ3n) is 2.74. The minimum absolute atomic E-state index is 0.159. The lowest BCUT2D eigenvalue weighted by Crippen LogP contribution is -2.28. The Morgan fingerprint density at radius 2 is 1.89 bits per heavy atom. The number of nitrogens with one attached hydrogen (secondary N) is 1. The van der Waals surface area contributed by atoms with Crippen molar-refractivity contribution in [3.63, 3.8) is 0 Å². The molecular weight excluding hydrogens is 270 g/mol. The predicted octanol–water partition coefficient (Wildman–Crippen LogP) is 2.89. The van der Waals surface area contributed by atoms with Crippen molar-refractivity contribution in [2.24, 2.45) is 0 Å². The molecular formula is C13H20ClNO2S. The van der Waals surface area contributed by atoms with E-state index in [4.69, 9.17) is 11.6 Å². The van der Waals surface area contributed by atoms with Crippen LogP contribution in [0.2, 0.25) is 5.02 Å². The van der Waals surface area contributed by atoms with Crippen molar-refractivity contribution >= 4 is 21.4 Å². The normalized spacial score (nSPS) is 13.5. The summed E-state index contributed by atoms with van der Waals surface area (Å²) >= 11 is 5.74. The molecule has 0 aromatic heterocycles. The lowest BCUT2D eigenvalue weighted by Gasteiger charge is -2.13. The third kappa shape index (κ3) is 4.96. The molecule has 5 heteroatoms. The molecule has 1 N–H and O–H groups in total. The van der Waals surface area contributed by atoms with Gasteiger partial charge >= 0.3 is 0 Å². The summed E-state index contributed by atoms with van der Waals surface area (Å²) < 4.78 is 24.1. The molecule has 1 unspecified atom stereocenters. The molecule has 1 rings (SSSR count). The van der Waals surface area contributed by atoms with Gasteiger partial charge in [0.15, 0.2) is 9.84 Å². The van der Waals surface area contributed by atoms with Crippen LogP contribution >= 0.6 is 11.6 Å². The number of hydrogen-bond acceptors (Lipinski definition) is 3. The van der Waals surface area contributed by atoms with Crippen LogP contribution in [0, 0.1) is 0 Å². The standard InChI is InChI=1S/C13H20ClNO2S/c1-3-9-15-11(2)8-10-18(16,17)13-6-4-12(14)5-7-13/h4-7,11,15H,3,8-10H2,1-2H3. The molecule has 1 aromatic carbocycles. The second kappa shape index (κ2) is 7.12. The van der Waals surface area contributed by atoms with Crippen LogP contribution in [0.3, 0.4) is 0 Å². The Kier molecular flexibility index (Phi) is 6.12. The quantitative estimate of drug-likeness (QED) is 0.839. The largest absolute Gasteiger partial charge is 0.314 e. The van der Waals surface area contributed by atoms with E-state index in [1.165, 1.54) is 0 Å². The van der Waals surface area contributed by atoms with Crippen molar-refractivity contribution in [3.05, 3.63) is 29.3 Å². The zero-order chi connectivity index (χ0) is 13.6. The summed E-state index contributed by atoms with van der Waals surface area (Å²) in [7, 11) is -3.20. The van der Waals surface area contributed by atoms with Crippen molar-refractivity contribution in [1.29, 1.82) is 0 Å². The number of benzene rings is 1. The van der Waals surface area contributed by atoms with Crippen LogP contribution in [0.15, 0.2) is 29.2 Å².